The molecule has 0 saturated carbocycles. The summed E-state index contributed by atoms with van der Waals surface area (Å²) in [6.07, 6.45) is 0.626. The third-order valence-electron chi connectivity index (χ3n) is 4.67. The lowest BCUT2D eigenvalue weighted by Gasteiger charge is -2.20. The third-order valence-corrected chi connectivity index (χ3v) is 5.00. The van der Waals surface area contributed by atoms with Crippen molar-refractivity contribution in [2.45, 2.75) is 26.3 Å². The van der Waals surface area contributed by atoms with Gasteiger partial charge in [-0.1, -0.05) is 30.7 Å². The number of rotatable bonds is 6. The van der Waals surface area contributed by atoms with Crippen molar-refractivity contribution in [3.63, 3.8) is 0 Å². The highest BCUT2D eigenvalue weighted by atomic mass is 35.5. The average Bonchev–Trinajstić information content (AvgIpc) is 2.97. The lowest BCUT2D eigenvalue weighted by atomic mass is 10.1. The lowest BCUT2D eigenvalue weighted by molar-refractivity contribution is -0.119. The van der Waals surface area contributed by atoms with Crippen molar-refractivity contribution in [1.82, 2.24) is 4.90 Å². The van der Waals surface area contributed by atoms with E-state index < -0.39 is 24.4 Å². The van der Waals surface area contributed by atoms with Crippen LogP contribution in [0.15, 0.2) is 42.5 Å². The molecule has 0 radical (unpaired) electrons. The van der Waals surface area contributed by atoms with Crippen LogP contribution in [0, 0.1) is 0 Å². The minimum Gasteiger partial charge on any atom is -0.452 e. The van der Waals surface area contributed by atoms with Crippen LogP contribution in [0.2, 0.25) is 5.02 Å². The fourth-order valence-electron chi connectivity index (χ4n) is 2.93. The molecule has 3 amide bonds. The SMILES string of the molecule is CC[C@@H](C)N1C(=O)c2ccc(C(=O)OCC(=O)Nc3ccccc3Cl)cc2C1=O. The van der Waals surface area contributed by atoms with Crippen molar-refractivity contribution in [2.75, 3.05) is 11.9 Å². The van der Waals surface area contributed by atoms with Crippen molar-refractivity contribution in [3.8, 4) is 0 Å². The lowest BCUT2D eigenvalue weighted by Crippen LogP contribution is -2.37. The van der Waals surface area contributed by atoms with E-state index in [9.17, 15) is 19.2 Å². The average molecular weight is 415 g/mol. The van der Waals surface area contributed by atoms with Crippen LogP contribution in [0.4, 0.5) is 5.69 Å². The molecule has 0 saturated heterocycles. The van der Waals surface area contributed by atoms with Gasteiger partial charge in [0, 0.05) is 6.04 Å². The molecule has 0 spiro atoms. The second-order valence-corrected chi connectivity index (χ2v) is 7.01. The molecule has 1 heterocycles. The molecule has 1 aliphatic heterocycles. The summed E-state index contributed by atoms with van der Waals surface area (Å²) in [6, 6.07) is 10.6. The maximum absolute atomic E-state index is 12.6. The second kappa shape index (κ2) is 8.45. The third kappa shape index (κ3) is 4.14. The van der Waals surface area contributed by atoms with Crippen LogP contribution in [-0.2, 0) is 9.53 Å². The molecule has 0 aliphatic carbocycles. The highest BCUT2D eigenvalue weighted by Crippen LogP contribution is 2.27. The molecule has 1 aliphatic rings. The number of hydrogen-bond donors (Lipinski definition) is 1. The van der Waals surface area contributed by atoms with Gasteiger partial charge in [0.1, 0.15) is 0 Å². The maximum atomic E-state index is 12.6. The summed E-state index contributed by atoms with van der Waals surface area (Å²) < 4.78 is 5.02. The number of para-hydroxylation sites is 1. The van der Waals surface area contributed by atoms with Gasteiger partial charge in [-0.3, -0.25) is 19.3 Å². The van der Waals surface area contributed by atoms with Crippen molar-refractivity contribution >= 4 is 41.0 Å². The highest BCUT2D eigenvalue weighted by Gasteiger charge is 2.38. The van der Waals surface area contributed by atoms with Gasteiger partial charge in [0.25, 0.3) is 17.7 Å². The van der Waals surface area contributed by atoms with E-state index in [1.807, 2.05) is 6.92 Å². The predicted octanol–water partition coefficient (Wildman–Crippen LogP) is 3.53. The number of esters is 1. The summed E-state index contributed by atoms with van der Waals surface area (Å²) in [6.45, 7) is 3.14. The van der Waals surface area contributed by atoms with Crippen LogP contribution in [0.3, 0.4) is 0 Å². The van der Waals surface area contributed by atoms with E-state index in [0.717, 1.165) is 0 Å². The van der Waals surface area contributed by atoms with E-state index in [-0.39, 0.29) is 28.6 Å². The predicted molar refractivity (Wildman–Crippen MR) is 107 cm³/mol. The van der Waals surface area contributed by atoms with Gasteiger partial charge in [0.2, 0.25) is 0 Å². The molecule has 1 N–H and O–H groups in total. The van der Waals surface area contributed by atoms with Gasteiger partial charge < -0.3 is 10.1 Å². The number of fused-ring (bicyclic) bond motifs is 1. The minimum atomic E-state index is -0.774. The molecule has 2 aromatic rings. The first-order valence-corrected chi connectivity index (χ1v) is 9.44. The first-order valence-electron chi connectivity index (χ1n) is 9.07. The Kier molecular flexibility index (Phi) is 5.98. The number of carbonyl (C=O) groups is 4. The Balaban J connectivity index is 1.67. The van der Waals surface area contributed by atoms with Crippen molar-refractivity contribution in [3.05, 3.63) is 64.2 Å². The number of ether oxygens (including phenoxy) is 1. The van der Waals surface area contributed by atoms with Gasteiger partial charge in [0.05, 0.1) is 27.4 Å². The van der Waals surface area contributed by atoms with Crippen LogP contribution in [0.1, 0.15) is 51.3 Å². The molecule has 2 aromatic carbocycles. The normalized spacial score (nSPS) is 13.8. The molecule has 150 valence electrons. The zero-order chi connectivity index (χ0) is 21.1. The first-order chi connectivity index (χ1) is 13.8. The van der Waals surface area contributed by atoms with Crippen LogP contribution in [0.25, 0.3) is 0 Å². The highest BCUT2D eigenvalue weighted by molar-refractivity contribution is 6.33. The van der Waals surface area contributed by atoms with E-state index in [0.29, 0.717) is 17.1 Å². The molecule has 0 aromatic heterocycles. The number of amides is 3. The van der Waals surface area contributed by atoms with Gasteiger partial charge >= 0.3 is 5.97 Å². The topological polar surface area (TPSA) is 92.8 Å². The number of halogens is 1. The Morgan fingerprint density at radius 1 is 1.10 bits per heavy atom. The van der Waals surface area contributed by atoms with Crippen LogP contribution < -0.4 is 5.32 Å². The number of hydrogen-bond acceptors (Lipinski definition) is 5. The minimum absolute atomic E-state index is 0.0847. The van der Waals surface area contributed by atoms with Crippen LogP contribution in [0.5, 0.6) is 0 Å². The summed E-state index contributed by atoms with van der Waals surface area (Å²) in [5.41, 5.74) is 0.900. The molecular weight excluding hydrogens is 396 g/mol. The fraction of sp³-hybridized carbons (Fsp3) is 0.238. The number of benzene rings is 2. The van der Waals surface area contributed by atoms with Gasteiger partial charge in [-0.15, -0.1) is 0 Å². The Morgan fingerprint density at radius 2 is 1.79 bits per heavy atom. The first kappa shape index (κ1) is 20.5. The number of anilines is 1. The summed E-state index contributed by atoms with van der Waals surface area (Å²) >= 11 is 5.97. The van der Waals surface area contributed by atoms with Gasteiger partial charge in [-0.2, -0.15) is 0 Å². The molecule has 0 bridgehead atoms. The molecule has 29 heavy (non-hydrogen) atoms. The Hall–Kier alpha value is -3.19. The fourth-order valence-corrected chi connectivity index (χ4v) is 3.12. The molecule has 0 unspecified atom stereocenters. The van der Waals surface area contributed by atoms with Gasteiger partial charge in [0.15, 0.2) is 6.61 Å². The Labute approximate surface area is 172 Å². The molecule has 7 nitrogen and oxygen atoms in total. The number of nitrogens with zero attached hydrogens (tertiary/aromatic N) is 1. The second-order valence-electron chi connectivity index (χ2n) is 6.60. The summed E-state index contributed by atoms with van der Waals surface area (Å²) in [5.74, 6) is -2.14. The number of nitrogens with one attached hydrogen (secondary N) is 1. The van der Waals surface area contributed by atoms with Crippen molar-refractivity contribution < 1.29 is 23.9 Å². The monoisotopic (exact) mass is 414 g/mol. The standard InChI is InChI=1S/C21H19ClN2O5/c1-3-12(2)24-19(26)14-9-8-13(10-15(14)20(24)27)21(28)29-11-18(25)23-17-7-5-4-6-16(17)22/h4-10,12H,3,11H2,1-2H3,(H,23,25)/t12-/m1/s1. The molecule has 0 fully saturated rings. The number of carbonyl (C=O) groups excluding carboxylic acids is 4. The van der Waals surface area contributed by atoms with Crippen LogP contribution >= 0.6 is 11.6 Å². The van der Waals surface area contributed by atoms with Crippen molar-refractivity contribution in [1.29, 1.82) is 0 Å². The molecule has 8 heteroatoms. The molecule has 3 rings (SSSR count). The van der Waals surface area contributed by atoms with Crippen LogP contribution in [-0.4, -0.2) is 41.2 Å². The van der Waals surface area contributed by atoms with Gasteiger partial charge in [-0.05, 0) is 43.7 Å². The van der Waals surface area contributed by atoms with Crippen molar-refractivity contribution in [2.24, 2.45) is 0 Å². The van der Waals surface area contributed by atoms with Gasteiger partial charge in [-0.25, -0.2) is 4.79 Å². The Morgan fingerprint density at radius 3 is 2.48 bits per heavy atom. The van der Waals surface area contributed by atoms with E-state index in [4.69, 9.17) is 16.3 Å². The number of imide groups is 1. The summed E-state index contributed by atoms with van der Waals surface area (Å²) in [4.78, 5) is 50.5. The zero-order valence-electron chi connectivity index (χ0n) is 15.9. The van der Waals surface area contributed by atoms with E-state index >= 15 is 0 Å². The summed E-state index contributed by atoms with van der Waals surface area (Å²) in [5, 5.41) is 2.90. The molecule has 1 atom stereocenters. The largest absolute Gasteiger partial charge is 0.452 e. The smallest absolute Gasteiger partial charge is 0.338 e. The van der Waals surface area contributed by atoms with E-state index in [1.165, 1.54) is 23.1 Å². The van der Waals surface area contributed by atoms with E-state index in [1.54, 1.807) is 31.2 Å². The van der Waals surface area contributed by atoms with E-state index in [2.05, 4.69) is 5.32 Å². The Bertz CT molecular complexity index is 1000. The molecular formula is C21H19ClN2O5. The maximum Gasteiger partial charge on any atom is 0.338 e. The zero-order valence-corrected chi connectivity index (χ0v) is 16.7. The summed E-state index contributed by atoms with van der Waals surface area (Å²) in [7, 11) is 0. The quantitative estimate of drug-likeness (QED) is 0.576.